The highest BCUT2D eigenvalue weighted by Gasteiger charge is 2.57. The Morgan fingerprint density at radius 2 is 0.871 bits per heavy atom. The van der Waals surface area contributed by atoms with Crippen molar-refractivity contribution < 1.29 is 35.1 Å². The second-order valence-electron chi connectivity index (χ2n) is 16.0. The fourth-order valence-electron chi connectivity index (χ4n) is 10.5. The minimum Gasteiger partial charge on any atom is -0.309 e. The predicted octanol–water partition coefficient (Wildman–Crippen LogP) is 13.6. The van der Waals surface area contributed by atoms with Gasteiger partial charge in [-0.1, -0.05) is 97.1 Å². The van der Waals surface area contributed by atoms with Crippen LogP contribution in [-0.4, -0.2) is 18.9 Å². The molecule has 5 aromatic heterocycles. The molecule has 0 radical (unpaired) electrons. The molecule has 0 fully saturated rings. The lowest BCUT2D eigenvalue weighted by molar-refractivity contribution is -0.0137. The molecule has 0 spiro atoms. The van der Waals surface area contributed by atoms with E-state index in [1.807, 2.05) is 72.8 Å². The van der Waals surface area contributed by atoms with Crippen molar-refractivity contribution in [3.63, 3.8) is 0 Å². The molecule has 6 aromatic carbocycles. The van der Waals surface area contributed by atoms with Crippen molar-refractivity contribution in [1.29, 1.82) is 0 Å². The third-order valence-corrected chi connectivity index (χ3v) is 12.9. The molecule has 0 saturated heterocycles. The highest BCUT2D eigenvalue weighted by Crippen LogP contribution is 2.59. The van der Waals surface area contributed by atoms with Crippen LogP contribution >= 0.6 is 0 Å². The third-order valence-electron chi connectivity index (χ3n) is 12.9. The number of para-hydroxylation sites is 2. The fraction of sp³-hybridized carbons (Fsp3) is 0.0800. The molecular formula is C50H24F8N4. The van der Waals surface area contributed by atoms with Crippen LogP contribution in [0.2, 0.25) is 0 Å². The Hall–Kier alpha value is -7.34. The molecule has 12 heteroatoms. The maximum absolute atomic E-state index is 17.2. The van der Waals surface area contributed by atoms with Crippen LogP contribution in [0.1, 0.15) is 44.8 Å². The van der Waals surface area contributed by atoms with Crippen LogP contribution in [0.15, 0.2) is 146 Å². The van der Waals surface area contributed by atoms with Gasteiger partial charge in [0.15, 0.2) is 0 Å². The van der Waals surface area contributed by atoms with Gasteiger partial charge >= 0.3 is 23.7 Å². The smallest absolute Gasteiger partial charge is 0.309 e. The van der Waals surface area contributed by atoms with Gasteiger partial charge in [-0.05, 0) is 47.5 Å². The third kappa shape index (κ3) is 4.08. The zero-order valence-corrected chi connectivity index (χ0v) is 31.7. The van der Waals surface area contributed by atoms with Crippen molar-refractivity contribution in [2.75, 3.05) is 0 Å². The molecule has 5 heterocycles. The summed E-state index contributed by atoms with van der Waals surface area (Å²) in [5, 5.41) is 1.07. The van der Waals surface area contributed by atoms with Crippen LogP contribution in [0.3, 0.4) is 0 Å². The van der Waals surface area contributed by atoms with Gasteiger partial charge < -0.3 is 8.97 Å². The number of halogens is 8. The van der Waals surface area contributed by atoms with E-state index in [0.29, 0.717) is 11.1 Å². The lowest BCUT2D eigenvalue weighted by atomic mass is 9.80. The van der Waals surface area contributed by atoms with Crippen LogP contribution in [-0.2, 0) is 23.7 Å². The van der Waals surface area contributed by atoms with E-state index in [0.717, 1.165) is 64.2 Å². The minimum atomic E-state index is -3.99. The van der Waals surface area contributed by atoms with E-state index in [2.05, 4.69) is 14.5 Å². The molecule has 0 bridgehead atoms. The molecule has 2 aliphatic carbocycles. The molecule has 0 aliphatic heterocycles. The number of benzene rings is 6. The summed E-state index contributed by atoms with van der Waals surface area (Å²) < 4.78 is 138. The van der Waals surface area contributed by atoms with Gasteiger partial charge in [-0.25, -0.2) is 0 Å². The Balaban J connectivity index is 1.23. The molecule has 62 heavy (non-hydrogen) atoms. The van der Waals surface area contributed by atoms with Crippen molar-refractivity contribution in [1.82, 2.24) is 18.9 Å². The Labute approximate surface area is 344 Å². The first kappa shape index (κ1) is 35.4. The zero-order valence-electron chi connectivity index (χ0n) is 31.7. The number of hydrogen-bond acceptors (Lipinski definition) is 2. The second kappa shape index (κ2) is 11.3. The summed E-state index contributed by atoms with van der Waals surface area (Å²) in [4.78, 5) is 8.02. The first-order valence-electron chi connectivity index (χ1n) is 19.7. The number of hydrogen-bond donors (Lipinski definition) is 0. The largest absolute Gasteiger partial charge is 0.315 e. The van der Waals surface area contributed by atoms with Gasteiger partial charge in [0.2, 0.25) is 0 Å². The molecule has 13 rings (SSSR count). The van der Waals surface area contributed by atoms with E-state index in [1.54, 1.807) is 12.1 Å². The lowest BCUT2D eigenvalue weighted by Gasteiger charge is -2.33. The maximum Gasteiger partial charge on any atom is 0.315 e. The Kier molecular flexibility index (Phi) is 6.47. The normalized spacial score (nSPS) is 16.9. The monoisotopic (exact) mass is 832 g/mol. The van der Waals surface area contributed by atoms with Gasteiger partial charge in [-0.15, -0.1) is 0 Å². The van der Waals surface area contributed by atoms with Gasteiger partial charge in [0.25, 0.3) is 0 Å². The average molecular weight is 833 g/mol. The first-order chi connectivity index (χ1) is 29.8. The van der Waals surface area contributed by atoms with Gasteiger partial charge in [0.05, 0.1) is 51.1 Å². The Bertz CT molecular complexity index is 3610. The van der Waals surface area contributed by atoms with E-state index in [1.165, 1.54) is 28.7 Å². The second-order valence-corrected chi connectivity index (χ2v) is 16.0. The molecule has 0 atom stereocenters. The highest BCUT2D eigenvalue weighted by atomic mass is 19.3. The molecule has 0 N–H and O–H groups in total. The van der Waals surface area contributed by atoms with Crippen molar-refractivity contribution >= 4 is 59.9 Å². The SMILES string of the molecule is FC1(F)c2ccccc2C(F)(F)c2c1ncc1c2c2cc(-c3cccc4c3c3ccccc3n4-c3ccccc3)cc3c4c5c(ncc4n1c23)C(F)(F)c1ccccc1C5(F)F. The standard InChI is InChI=1S/C50H24F8N4/c51-47(52)31-15-5-7-17-33(31)49(55,56)45-42(47)40-29-21-25(27-14-10-20-36-39(27)28-13-4-9-19-35(28)61(36)26-11-2-1-3-12-26)22-30-41-38(62(44(29)30)37(40)23-59-45)24-60-46-43(41)48(53,54)32-16-6-8-18-34(32)50(46,57)58/h1-24H. The molecule has 11 aromatic rings. The van der Waals surface area contributed by atoms with E-state index in [9.17, 15) is 0 Å². The van der Waals surface area contributed by atoms with E-state index in [-0.39, 0.29) is 38.1 Å². The van der Waals surface area contributed by atoms with Gasteiger partial charge in [-0.3, -0.25) is 9.97 Å². The topological polar surface area (TPSA) is 35.1 Å². The molecular weight excluding hydrogens is 809 g/mol. The Morgan fingerprint density at radius 1 is 0.403 bits per heavy atom. The summed E-state index contributed by atoms with van der Waals surface area (Å²) in [6.07, 6.45) is 2.06. The molecule has 0 amide bonds. The number of alkyl halides is 8. The number of rotatable bonds is 2. The van der Waals surface area contributed by atoms with Crippen LogP contribution in [0.4, 0.5) is 35.1 Å². The number of nitrogens with zero attached hydrogens (tertiary/aromatic N) is 4. The number of pyridine rings is 2. The Morgan fingerprint density at radius 3 is 1.42 bits per heavy atom. The first-order valence-corrected chi connectivity index (χ1v) is 19.7. The summed E-state index contributed by atoms with van der Waals surface area (Å²) in [5.41, 5.74) is -4.59. The van der Waals surface area contributed by atoms with E-state index >= 15 is 35.1 Å². The summed E-state index contributed by atoms with van der Waals surface area (Å²) in [7, 11) is 0. The predicted molar refractivity (Wildman–Crippen MR) is 221 cm³/mol. The van der Waals surface area contributed by atoms with Crippen molar-refractivity contribution in [2.45, 2.75) is 23.7 Å². The van der Waals surface area contributed by atoms with Gasteiger partial charge in [0.1, 0.15) is 11.4 Å². The number of aromatic nitrogens is 4. The molecule has 4 nitrogen and oxygen atoms in total. The van der Waals surface area contributed by atoms with E-state index in [4.69, 9.17) is 0 Å². The maximum atomic E-state index is 17.2. The summed E-state index contributed by atoms with van der Waals surface area (Å²) in [6.45, 7) is 0. The summed E-state index contributed by atoms with van der Waals surface area (Å²) in [5.74, 6) is -15.9. The quantitative estimate of drug-likeness (QED) is 0.163. The van der Waals surface area contributed by atoms with Gasteiger partial charge in [-0.2, -0.15) is 35.1 Å². The van der Waals surface area contributed by atoms with Gasteiger partial charge in [0, 0.05) is 60.3 Å². The van der Waals surface area contributed by atoms with Crippen molar-refractivity contribution in [3.8, 4) is 16.8 Å². The fourth-order valence-corrected chi connectivity index (χ4v) is 10.5. The lowest BCUT2D eigenvalue weighted by Crippen LogP contribution is -2.34. The molecule has 0 unspecified atom stereocenters. The molecule has 2 aliphatic rings. The summed E-state index contributed by atoms with van der Waals surface area (Å²) >= 11 is 0. The highest BCUT2D eigenvalue weighted by molar-refractivity contribution is 6.27. The molecule has 0 saturated carbocycles. The van der Waals surface area contributed by atoms with Crippen LogP contribution in [0, 0.1) is 0 Å². The average Bonchev–Trinajstić information content (AvgIpc) is 3.93. The number of fused-ring (bicyclic) bond motifs is 15. The summed E-state index contributed by atoms with van der Waals surface area (Å²) in [6, 6.07) is 34.9. The van der Waals surface area contributed by atoms with Crippen molar-refractivity contribution in [2.24, 2.45) is 0 Å². The van der Waals surface area contributed by atoms with E-state index < -0.39 is 68.5 Å². The molecule has 300 valence electrons. The van der Waals surface area contributed by atoms with Crippen molar-refractivity contribution in [3.05, 3.63) is 191 Å². The minimum absolute atomic E-state index is 0.0287. The van der Waals surface area contributed by atoms with Crippen LogP contribution in [0.5, 0.6) is 0 Å². The zero-order chi connectivity index (χ0) is 42.2. The van der Waals surface area contributed by atoms with Crippen LogP contribution < -0.4 is 0 Å². The van der Waals surface area contributed by atoms with Crippen LogP contribution in [0.25, 0.3) is 76.7 Å².